The lowest BCUT2D eigenvalue weighted by Crippen LogP contribution is -2.46. The molecule has 0 radical (unpaired) electrons. The summed E-state index contributed by atoms with van der Waals surface area (Å²) < 4.78 is 0. The molecule has 0 unspecified atom stereocenters. The second-order valence-corrected chi connectivity index (χ2v) is 9.43. The van der Waals surface area contributed by atoms with Crippen molar-refractivity contribution in [3.05, 3.63) is 100 Å². The van der Waals surface area contributed by atoms with Crippen molar-refractivity contribution < 1.29 is 4.79 Å². The molecule has 1 amide bonds. The molecule has 1 heterocycles. The molecule has 0 aromatic heterocycles. The van der Waals surface area contributed by atoms with Crippen molar-refractivity contribution >= 4 is 63.9 Å². The Morgan fingerprint density at radius 1 is 0.914 bits per heavy atom. The number of carbonyl (C=O) groups excluding carboxylic acids is 1. The molecule has 1 aliphatic rings. The number of thiocarbonyl (C=S) groups is 1. The quantitative estimate of drug-likeness (QED) is 0.313. The average Bonchev–Trinajstić information content (AvgIpc) is 2.85. The molecule has 35 heavy (non-hydrogen) atoms. The SMILES string of the molecule is O=C(C=Cc1ccccc1)NC(=S)Nc1ccc(N2CCN(Cc3ccccc3Cl)CC2)c(Cl)c1. The maximum absolute atomic E-state index is 12.1. The highest BCUT2D eigenvalue weighted by Crippen LogP contribution is 2.30. The van der Waals surface area contributed by atoms with Crippen LogP contribution < -0.4 is 15.5 Å². The van der Waals surface area contributed by atoms with E-state index in [9.17, 15) is 4.79 Å². The second kappa shape index (κ2) is 12.2. The monoisotopic (exact) mass is 524 g/mol. The molecular formula is C27H26Cl2N4OS. The summed E-state index contributed by atoms with van der Waals surface area (Å²) in [6.45, 7) is 4.44. The molecule has 0 spiro atoms. The van der Waals surface area contributed by atoms with Gasteiger partial charge in [-0.25, -0.2) is 0 Å². The van der Waals surface area contributed by atoms with Gasteiger partial charge in [0.25, 0.3) is 0 Å². The number of benzene rings is 3. The van der Waals surface area contributed by atoms with Crippen molar-refractivity contribution in [2.45, 2.75) is 6.54 Å². The fraction of sp³-hybridized carbons (Fsp3) is 0.185. The van der Waals surface area contributed by atoms with Crippen molar-refractivity contribution in [1.29, 1.82) is 0 Å². The highest BCUT2D eigenvalue weighted by molar-refractivity contribution is 7.80. The maximum Gasteiger partial charge on any atom is 0.250 e. The van der Waals surface area contributed by atoms with Crippen LogP contribution in [0.15, 0.2) is 78.9 Å². The fourth-order valence-corrected chi connectivity index (χ4v) is 4.62. The summed E-state index contributed by atoms with van der Waals surface area (Å²) in [6, 6.07) is 23.3. The largest absolute Gasteiger partial charge is 0.368 e. The van der Waals surface area contributed by atoms with Crippen LogP contribution in [0.5, 0.6) is 0 Å². The highest BCUT2D eigenvalue weighted by atomic mass is 35.5. The van der Waals surface area contributed by atoms with Gasteiger partial charge in [0.2, 0.25) is 5.91 Å². The van der Waals surface area contributed by atoms with Gasteiger partial charge < -0.3 is 10.2 Å². The number of amides is 1. The van der Waals surface area contributed by atoms with E-state index in [0.29, 0.717) is 10.7 Å². The van der Waals surface area contributed by atoms with E-state index >= 15 is 0 Å². The zero-order valence-corrected chi connectivity index (χ0v) is 21.4. The number of piperazine rings is 1. The lowest BCUT2D eigenvalue weighted by Gasteiger charge is -2.36. The predicted octanol–water partition coefficient (Wildman–Crippen LogP) is 5.84. The van der Waals surface area contributed by atoms with Crippen LogP contribution in [-0.4, -0.2) is 42.1 Å². The van der Waals surface area contributed by atoms with E-state index < -0.39 is 0 Å². The summed E-state index contributed by atoms with van der Waals surface area (Å²) in [4.78, 5) is 16.8. The average molecular weight is 526 g/mol. The summed E-state index contributed by atoms with van der Waals surface area (Å²) in [5.74, 6) is -0.302. The first kappa shape index (κ1) is 25.2. The van der Waals surface area contributed by atoms with Gasteiger partial charge in [-0.05, 0) is 53.7 Å². The summed E-state index contributed by atoms with van der Waals surface area (Å²) >= 11 is 18.2. The molecule has 1 aliphatic heterocycles. The van der Waals surface area contributed by atoms with Gasteiger partial charge in [0.1, 0.15) is 0 Å². The number of hydrogen-bond acceptors (Lipinski definition) is 4. The van der Waals surface area contributed by atoms with Gasteiger partial charge in [0, 0.05) is 49.5 Å². The van der Waals surface area contributed by atoms with E-state index in [1.54, 1.807) is 6.08 Å². The van der Waals surface area contributed by atoms with Gasteiger partial charge in [0.05, 0.1) is 10.7 Å². The maximum atomic E-state index is 12.1. The third kappa shape index (κ3) is 7.29. The standard InChI is InChI=1S/C27H26Cl2N4OS/c28-23-9-5-4-8-21(23)19-32-14-16-33(17-15-32)25-12-11-22(18-24(25)29)30-27(35)31-26(34)13-10-20-6-2-1-3-7-20/h1-13,18H,14-17,19H2,(H2,30,31,34,35). The fourth-order valence-electron chi connectivity index (χ4n) is 3.91. The number of hydrogen-bond donors (Lipinski definition) is 2. The van der Waals surface area contributed by atoms with Gasteiger partial charge in [-0.1, -0.05) is 71.7 Å². The number of nitrogens with zero attached hydrogens (tertiary/aromatic N) is 2. The molecule has 2 N–H and O–H groups in total. The minimum Gasteiger partial charge on any atom is -0.368 e. The molecule has 1 saturated heterocycles. The molecule has 0 bridgehead atoms. The molecule has 8 heteroatoms. The Hall–Kier alpha value is -2.90. The molecule has 0 atom stereocenters. The molecule has 5 nitrogen and oxygen atoms in total. The minimum atomic E-state index is -0.302. The first-order chi connectivity index (χ1) is 17.0. The van der Waals surface area contributed by atoms with E-state index in [-0.39, 0.29) is 11.0 Å². The zero-order chi connectivity index (χ0) is 24.6. The Labute approximate surface area is 221 Å². The van der Waals surface area contributed by atoms with Crippen molar-refractivity contribution in [2.75, 3.05) is 36.4 Å². The summed E-state index contributed by atoms with van der Waals surface area (Å²) in [7, 11) is 0. The Morgan fingerprint density at radius 2 is 1.63 bits per heavy atom. The van der Waals surface area contributed by atoms with Crippen LogP contribution in [0.4, 0.5) is 11.4 Å². The van der Waals surface area contributed by atoms with Crippen molar-refractivity contribution in [1.82, 2.24) is 10.2 Å². The van der Waals surface area contributed by atoms with Crippen molar-refractivity contribution in [2.24, 2.45) is 0 Å². The lowest BCUT2D eigenvalue weighted by molar-refractivity contribution is -0.115. The number of carbonyl (C=O) groups is 1. The topological polar surface area (TPSA) is 47.6 Å². The van der Waals surface area contributed by atoms with Gasteiger partial charge >= 0.3 is 0 Å². The Kier molecular flexibility index (Phi) is 8.77. The molecule has 180 valence electrons. The van der Waals surface area contributed by atoms with Crippen LogP contribution in [0.25, 0.3) is 6.08 Å². The van der Waals surface area contributed by atoms with Crippen LogP contribution in [0, 0.1) is 0 Å². The molecule has 0 saturated carbocycles. The van der Waals surface area contributed by atoms with Crippen LogP contribution >= 0.6 is 35.4 Å². The van der Waals surface area contributed by atoms with E-state index in [1.807, 2.05) is 66.7 Å². The number of nitrogens with one attached hydrogen (secondary N) is 2. The van der Waals surface area contributed by atoms with Gasteiger partial charge in [-0.3, -0.25) is 15.0 Å². The van der Waals surface area contributed by atoms with Crippen LogP contribution in [0.2, 0.25) is 10.0 Å². The number of halogens is 2. The van der Waals surface area contributed by atoms with Crippen molar-refractivity contribution in [3.63, 3.8) is 0 Å². The smallest absolute Gasteiger partial charge is 0.250 e. The first-order valence-electron chi connectivity index (χ1n) is 11.3. The highest BCUT2D eigenvalue weighted by Gasteiger charge is 2.20. The molecule has 3 aromatic carbocycles. The van der Waals surface area contributed by atoms with Crippen LogP contribution in [0.3, 0.4) is 0 Å². The lowest BCUT2D eigenvalue weighted by atomic mass is 10.2. The van der Waals surface area contributed by atoms with Gasteiger partial charge in [0.15, 0.2) is 5.11 Å². The van der Waals surface area contributed by atoms with Gasteiger partial charge in [-0.2, -0.15) is 0 Å². The molecular weight excluding hydrogens is 499 g/mol. The molecule has 3 aromatic rings. The van der Waals surface area contributed by atoms with E-state index in [0.717, 1.165) is 54.6 Å². The third-order valence-corrected chi connectivity index (χ3v) is 6.61. The normalized spacial score (nSPS) is 14.2. The van der Waals surface area contributed by atoms with Crippen molar-refractivity contribution in [3.8, 4) is 0 Å². The Bertz CT molecular complexity index is 1210. The third-order valence-electron chi connectivity index (χ3n) is 5.73. The number of anilines is 2. The zero-order valence-electron chi connectivity index (χ0n) is 19.1. The molecule has 1 fully saturated rings. The van der Waals surface area contributed by atoms with Gasteiger partial charge in [-0.15, -0.1) is 0 Å². The first-order valence-corrected chi connectivity index (χ1v) is 12.5. The van der Waals surface area contributed by atoms with Crippen LogP contribution in [-0.2, 0) is 11.3 Å². The second-order valence-electron chi connectivity index (χ2n) is 8.21. The summed E-state index contributed by atoms with van der Waals surface area (Å²) in [5, 5.41) is 7.33. The molecule has 4 rings (SSSR count). The Morgan fingerprint density at radius 3 is 2.34 bits per heavy atom. The van der Waals surface area contributed by atoms with E-state index in [4.69, 9.17) is 35.4 Å². The summed E-state index contributed by atoms with van der Waals surface area (Å²) in [5.41, 5.74) is 3.78. The minimum absolute atomic E-state index is 0.213. The van der Waals surface area contributed by atoms with E-state index in [1.165, 1.54) is 6.08 Å². The number of rotatable bonds is 6. The van der Waals surface area contributed by atoms with Crippen LogP contribution in [0.1, 0.15) is 11.1 Å². The summed E-state index contributed by atoms with van der Waals surface area (Å²) in [6.07, 6.45) is 3.18. The molecule has 0 aliphatic carbocycles. The Balaban J connectivity index is 1.27. The van der Waals surface area contributed by atoms with E-state index in [2.05, 4.69) is 26.5 Å². The predicted molar refractivity (Wildman–Crippen MR) is 150 cm³/mol.